The van der Waals surface area contributed by atoms with Gasteiger partial charge in [-0.2, -0.15) is 0 Å². The Morgan fingerprint density at radius 1 is 1.07 bits per heavy atom. The predicted molar refractivity (Wildman–Crippen MR) is 117 cm³/mol. The third-order valence-corrected chi connectivity index (χ3v) is 4.46. The van der Waals surface area contributed by atoms with Gasteiger partial charge < -0.3 is 20.5 Å². The Kier molecular flexibility index (Phi) is 7.74. The summed E-state index contributed by atoms with van der Waals surface area (Å²) in [6.45, 7) is 1.79. The minimum Gasteiger partial charge on any atom is -0.492 e. The average molecular weight is 406 g/mol. The van der Waals surface area contributed by atoms with Crippen molar-refractivity contribution in [2.75, 3.05) is 31.4 Å². The standard InChI is InChI=1S/C23H26N4O3/c1-29-11-4-12-30-19-8-9-20(27-16-19)22(28)14-17-5-2-6-18(13-17)15-26-21-7-3-10-25-23(21)24/h2-3,5-10,13,16,26H,4,11-12,14-15H2,1H3,(H2,24,25). The van der Waals surface area contributed by atoms with E-state index in [0.717, 1.165) is 23.2 Å². The summed E-state index contributed by atoms with van der Waals surface area (Å²) in [6.07, 6.45) is 4.32. The molecule has 3 aromatic rings. The number of nitrogens with one attached hydrogen (secondary N) is 1. The molecular formula is C23H26N4O3. The molecule has 0 saturated heterocycles. The zero-order valence-corrected chi connectivity index (χ0v) is 17.0. The van der Waals surface area contributed by atoms with Crippen LogP contribution < -0.4 is 15.8 Å². The third kappa shape index (κ3) is 6.28. The number of ether oxygens (including phenoxy) is 2. The SMILES string of the molecule is COCCCOc1ccc(C(=O)Cc2cccc(CNc3cccnc3N)c2)nc1. The van der Waals surface area contributed by atoms with Gasteiger partial charge in [0.1, 0.15) is 17.3 Å². The summed E-state index contributed by atoms with van der Waals surface area (Å²) in [7, 11) is 1.66. The summed E-state index contributed by atoms with van der Waals surface area (Å²) >= 11 is 0. The second-order valence-electron chi connectivity index (χ2n) is 6.78. The summed E-state index contributed by atoms with van der Waals surface area (Å²) in [4.78, 5) is 20.9. The maximum absolute atomic E-state index is 12.6. The number of rotatable bonds is 11. The Bertz CT molecular complexity index is 961. The van der Waals surface area contributed by atoms with Gasteiger partial charge in [-0.3, -0.25) is 4.79 Å². The Morgan fingerprint density at radius 2 is 1.93 bits per heavy atom. The second-order valence-corrected chi connectivity index (χ2v) is 6.78. The van der Waals surface area contributed by atoms with Gasteiger partial charge in [-0.05, 0) is 35.4 Å². The van der Waals surface area contributed by atoms with Crippen molar-refractivity contribution in [1.82, 2.24) is 9.97 Å². The van der Waals surface area contributed by atoms with Crippen LogP contribution in [0.2, 0.25) is 0 Å². The highest BCUT2D eigenvalue weighted by Gasteiger charge is 2.10. The van der Waals surface area contributed by atoms with Gasteiger partial charge in [-0.1, -0.05) is 24.3 Å². The lowest BCUT2D eigenvalue weighted by molar-refractivity contribution is 0.0988. The van der Waals surface area contributed by atoms with E-state index in [4.69, 9.17) is 15.2 Å². The van der Waals surface area contributed by atoms with Gasteiger partial charge in [0.25, 0.3) is 0 Å². The van der Waals surface area contributed by atoms with Crippen molar-refractivity contribution in [2.24, 2.45) is 0 Å². The first-order chi connectivity index (χ1) is 14.7. The highest BCUT2D eigenvalue weighted by Crippen LogP contribution is 2.16. The normalized spacial score (nSPS) is 10.6. The molecular weight excluding hydrogens is 380 g/mol. The number of nitrogen functional groups attached to an aromatic ring is 1. The lowest BCUT2D eigenvalue weighted by Crippen LogP contribution is -2.08. The molecule has 7 heteroatoms. The molecule has 1 aromatic carbocycles. The molecule has 0 aliphatic heterocycles. The van der Waals surface area contributed by atoms with E-state index in [-0.39, 0.29) is 12.2 Å². The maximum atomic E-state index is 12.6. The van der Waals surface area contributed by atoms with E-state index in [2.05, 4.69) is 15.3 Å². The van der Waals surface area contributed by atoms with Crippen molar-refractivity contribution in [2.45, 2.75) is 19.4 Å². The Morgan fingerprint density at radius 3 is 2.70 bits per heavy atom. The van der Waals surface area contributed by atoms with Crippen molar-refractivity contribution in [3.8, 4) is 5.75 Å². The molecule has 2 aromatic heterocycles. The van der Waals surface area contributed by atoms with Crippen molar-refractivity contribution >= 4 is 17.3 Å². The van der Waals surface area contributed by atoms with Gasteiger partial charge in [-0.15, -0.1) is 0 Å². The molecule has 3 N–H and O–H groups in total. The monoisotopic (exact) mass is 406 g/mol. The van der Waals surface area contributed by atoms with E-state index in [9.17, 15) is 4.79 Å². The fourth-order valence-corrected chi connectivity index (χ4v) is 2.91. The summed E-state index contributed by atoms with van der Waals surface area (Å²) < 4.78 is 10.6. The van der Waals surface area contributed by atoms with Gasteiger partial charge in [-0.25, -0.2) is 9.97 Å². The van der Waals surface area contributed by atoms with Crippen LogP contribution in [0.3, 0.4) is 0 Å². The molecule has 156 valence electrons. The van der Waals surface area contributed by atoms with Crippen LogP contribution in [-0.4, -0.2) is 36.1 Å². The molecule has 30 heavy (non-hydrogen) atoms. The first kappa shape index (κ1) is 21.3. The second kappa shape index (κ2) is 10.9. The number of Topliss-reactive ketones (excluding diaryl/α,β-unsaturated/α-hetero) is 1. The number of hydrogen-bond donors (Lipinski definition) is 2. The predicted octanol–water partition coefficient (Wildman–Crippen LogP) is 3.51. The summed E-state index contributed by atoms with van der Waals surface area (Å²) in [5.41, 5.74) is 9.05. The van der Waals surface area contributed by atoms with Crippen LogP contribution in [-0.2, 0) is 17.7 Å². The number of pyridine rings is 2. The summed E-state index contributed by atoms with van der Waals surface area (Å²) in [5.74, 6) is 1.06. The highest BCUT2D eigenvalue weighted by atomic mass is 16.5. The number of hydrogen-bond acceptors (Lipinski definition) is 7. The Labute approximate surface area is 176 Å². The van der Waals surface area contributed by atoms with Crippen LogP contribution in [0.5, 0.6) is 5.75 Å². The number of methoxy groups -OCH3 is 1. The average Bonchev–Trinajstić information content (AvgIpc) is 2.77. The smallest absolute Gasteiger partial charge is 0.185 e. The number of ketones is 1. The van der Waals surface area contributed by atoms with Gasteiger partial charge in [0, 0.05) is 39.3 Å². The molecule has 0 bridgehead atoms. The first-order valence-corrected chi connectivity index (χ1v) is 9.79. The fourth-order valence-electron chi connectivity index (χ4n) is 2.91. The molecule has 0 fully saturated rings. The number of carbonyl (C=O) groups excluding carboxylic acids is 1. The third-order valence-electron chi connectivity index (χ3n) is 4.46. The topological polar surface area (TPSA) is 99.4 Å². The Balaban J connectivity index is 1.55. The molecule has 7 nitrogen and oxygen atoms in total. The van der Waals surface area contributed by atoms with Crippen molar-refractivity contribution in [3.63, 3.8) is 0 Å². The van der Waals surface area contributed by atoms with Crippen LogP contribution in [0.15, 0.2) is 60.9 Å². The zero-order valence-electron chi connectivity index (χ0n) is 17.0. The first-order valence-electron chi connectivity index (χ1n) is 9.79. The van der Waals surface area contributed by atoms with Gasteiger partial charge in [0.15, 0.2) is 5.78 Å². The van der Waals surface area contributed by atoms with Crippen LogP contribution in [0.25, 0.3) is 0 Å². The zero-order chi connectivity index (χ0) is 21.2. The van der Waals surface area contributed by atoms with Crippen molar-refractivity contribution < 1.29 is 14.3 Å². The number of anilines is 2. The number of nitrogens with two attached hydrogens (primary N) is 1. The largest absolute Gasteiger partial charge is 0.492 e. The molecule has 2 heterocycles. The molecule has 0 saturated carbocycles. The number of carbonyl (C=O) groups is 1. The van der Waals surface area contributed by atoms with Gasteiger partial charge in [0.2, 0.25) is 0 Å². The molecule has 0 unspecified atom stereocenters. The molecule has 0 atom stereocenters. The van der Waals surface area contributed by atoms with Crippen molar-refractivity contribution in [1.29, 1.82) is 0 Å². The van der Waals surface area contributed by atoms with E-state index >= 15 is 0 Å². The number of nitrogens with zero attached hydrogens (tertiary/aromatic N) is 2. The van der Waals surface area contributed by atoms with E-state index in [0.29, 0.717) is 37.0 Å². The molecule has 0 aliphatic rings. The lowest BCUT2D eigenvalue weighted by Gasteiger charge is -2.10. The minimum atomic E-state index is -0.0393. The fraction of sp³-hybridized carbons (Fsp3) is 0.261. The number of aromatic nitrogens is 2. The van der Waals surface area contributed by atoms with Crippen LogP contribution in [0.4, 0.5) is 11.5 Å². The van der Waals surface area contributed by atoms with E-state index in [1.165, 1.54) is 0 Å². The number of benzene rings is 1. The molecule has 0 spiro atoms. The summed E-state index contributed by atoms with van der Waals surface area (Å²) in [6, 6.07) is 15.1. The molecule has 0 amide bonds. The minimum absolute atomic E-state index is 0.0393. The van der Waals surface area contributed by atoms with Crippen LogP contribution in [0.1, 0.15) is 28.0 Å². The molecule has 0 aliphatic carbocycles. The van der Waals surface area contributed by atoms with E-state index in [1.807, 2.05) is 36.4 Å². The van der Waals surface area contributed by atoms with Gasteiger partial charge >= 0.3 is 0 Å². The van der Waals surface area contributed by atoms with Crippen molar-refractivity contribution in [3.05, 3.63) is 77.7 Å². The quantitative estimate of drug-likeness (QED) is 0.371. The summed E-state index contributed by atoms with van der Waals surface area (Å²) in [5, 5.41) is 3.27. The Hall–Kier alpha value is -3.45. The molecule has 3 rings (SSSR count). The molecule has 0 radical (unpaired) electrons. The maximum Gasteiger partial charge on any atom is 0.185 e. The van der Waals surface area contributed by atoms with Crippen LogP contribution >= 0.6 is 0 Å². The highest BCUT2D eigenvalue weighted by molar-refractivity contribution is 5.95. The van der Waals surface area contributed by atoms with Crippen LogP contribution in [0, 0.1) is 0 Å². The van der Waals surface area contributed by atoms with E-state index < -0.39 is 0 Å². The lowest BCUT2D eigenvalue weighted by atomic mass is 10.0. The van der Waals surface area contributed by atoms with Gasteiger partial charge in [0.05, 0.1) is 18.5 Å². The van der Waals surface area contributed by atoms with E-state index in [1.54, 1.807) is 31.6 Å².